The van der Waals surface area contributed by atoms with Crippen LogP contribution in [0.15, 0.2) is 30.3 Å². The molecule has 2 nitrogen and oxygen atoms in total. The zero-order chi connectivity index (χ0) is 16.7. The lowest BCUT2D eigenvalue weighted by Gasteiger charge is -2.12. The van der Waals surface area contributed by atoms with E-state index < -0.39 is 0 Å². The molecule has 0 radical (unpaired) electrons. The van der Waals surface area contributed by atoms with Gasteiger partial charge in [0.25, 0.3) is 0 Å². The van der Waals surface area contributed by atoms with Gasteiger partial charge >= 0.3 is 0 Å². The van der Waals surface area contributed by atoms with Crippen LogP contribution in [0.1, 0.15) is 23.4 Å². The molecule has 1 aromatic heterocycles. The molecule has 1 aliphatic rings. The van der Waals surface area contributed by atoms with Gasteiger partial charge in [-0.25, -0.2) is 4.98 Å². The van der Waals surface area contributed by atoms with Crippen molar-refractivity contribution in [3.05, 3.63) is 45.9 Å². The first kappa shape index (κ1) is 15.5. The predicted octanol–water partition coefficient (Wildman–Crippen LogP) is 5.70. The van der Waals surface area contributed by atoms with E-state index in [9.17, 15) is 0 Å². The maximum Gasteiger partial charge on any atom is 0.168 e. The van der Waals surface area contributed by atoms with Crippen molar-refractivity contribution in [1.82, 2.24) is 4.98 Å². The van der Waals surface area contributed by atoms with Crippen LogP contribution in [0.25, 0.3) is 21.3 Å². The molecule has 2 aromatic carbocycles. The van der Waals surface area contributed by atoms with Crippen LogP contribution in [0, 0.1) is 24.7 Å². The highest BCUT2D eigenvalue weighted by Gasteiger charge is 2.19. The number of ether oxygens (including phenoxy) is 1. The first-order valence-corrected chi connectivity index (χ1v) is 9.11. The molecule has 24 heavy (non-hydrogen) atoms. The highest BCUT2D eigenvalue weighted by Crippen LogP contribution is 2.42. The van der Waals surface area contributed by atoms with Gasteiger partial charge in [-0.3, -0.25) is 0 Å². The number of rotatable bonds is 2. The molecule has 0 amide bonds. The van der Waals surface area contributed by atoms with Gasteiger partial charge in [0.2, 0.25) is 0 Å². The standard InChI is InChI=1S/C20H16ClNOS/c1-12-11-16-20(24-17(22-16)10-5-13-3-4-13)18(19(12)23-2)14-6-8-15(21)9-7-14/h6-9,11,13H,3-4H2,1-2H3. The minimum atomic E-state index is 0.573. The van der Waals surface area contributed by atoms with Crippen molar-refractivity contribution >= 4 is 33.2 Å². The van der Waals surface area contributed by atoms with Crippen molar-refractivity contribution in [3.8, 4) is 28.7 Å². The zero-order valence-electron chi connectivity index (χ0n) is 13.5. The number of methoxy groups -OCH3 is 1. The third kappa shape index (κ3) is 2.88. The molecule has 0 saturated heterocycles. The summed E-state index contributed by atoms with van der Waals surface area (Å²) in [5, 5.41) is 1.60. The maximum atomic E-state index is 6.04. The van der Waals surface area contributed by atoms with Crippen LogP contribution in [-0.2, 0) is 0 Å². The Labute approximate surface area is 150 Å². The maximum absolute atomic E-state index is 6.04. The van der Waals surface area contributed by atoms with Gasteiger partial charge in [-0.1, -0.05) is 29.7 Å². The van der Waals surface area contributed by atoms with E-state index in [1.807, 2.05) is 31.2 Å². The van der Waals surface area contributed by atoms with Crippen LogP contribution in [0.3, 0.4) is 0 Å². The molecular formula is C20H16ClNOS. The molecule has 4 heteroatoms. The summed E-state index contributed by atoms with van der Waals surface area (Å²) in [6.45, 7) is 2.05. The van der Waals surface area contributed by atoms with Gasteiger partial charge in [0.15, 0.2) is 5.01 Å². The number of thiazole rings is 1. The highest BCUT2D eigenvalue weighted by atomic mass is 35.5. The second-order valence-electron chi connectivity index (χ2n) is 6.02. The van der Waals surface area contributed by atoms with Gasteiger partial charge in [-0.15, -0.1) is 11.3 Å². The van der Waals surface area contributed by atoms with Crippen LogP contribution >= 0.6 is 22.9 Å². The summed E-state index contributed by atoms with van der Waals surface area (Å²) in [4.78, 5) is 4.72. The van der Waals surface area contributed by atoms with Crippen LogP contribution in [0.4, 0.5) is 0 Å². The molecule has 1 aliphatic carbocycles. The average Bonchev–Trinajstić information content (AvgIpc) is 3.32. The fourth-order valence-corrected chi connectivity index (χ4v) is 3.86. The molecule has 1 heterocycles. The number of hydrogen-bond donors (Lipinski definition) is 0. The first-order valence-electron chi connectivity index (χ1n) is 7.91. The lowest BCUT2D eigenvalue weighted by Crippen LogP contribution is -1.92. The molecule has 0 N–H and O–H groups in total. The number of aromatic nitrogens is 1. The van der Waals surface area contributed by atoms with E-state index in [1.165, 1.54) is 12.8 Å². The Bertz CT molecular complexity index is 975. The van der Waals surface area contributed by atoms with E-state index in [2.05, 4.69) is 17.9 Å². The normalized spacial score (nSPS) is 13.6. The number of aryl methyl sites for hydroxylation is 1. The summed E-state index contributed by atoms with van der Waals surface area (Å²) < 4.78 is 6.81. The van der Waals surface area contributed by atoms with Gasteiger partial charge in [0, 0.05) is 16.5 Å². The summed E-state index contributed by atoms with van der Waals surface area (Å²) in [6, 6.07) is 9.92. The van der Waals surface area contributed by atoms with Crippen molar-refractivity contribution in [2.24, 2.45) is 5.92 Å². The molecule has 1 saturated carbocycles. The molecular weight excluding hydrogens is 338 g/mol. The largest absolute Gasteiger partial charge is 0.496 e. The van der Waals surface area contributed by atoms with Crippen LogP contribution < -0.4 is 4.74 Å². The van der Waals surface area contributed by atoms with Crippen molar-refractivity contribution in [1.29, 1.82) is 0 Å². The second kappa shape index (κ2) is 6.12. The summed E-state index contributed by atoms with van der Waals surface area (Å²) in [5.74, 6) is 7.99. The number of benzene rings is 2. The smallest absolute Gasteiger partial charge is 0.168 e. The minimum Gasteiger partial charge on any atom is -0.496 e. The number of hydrogen-bond acceptors (Lipinski definition) is 3. The van der Waals surface area contributed by atoms with Gasteiger partial charge in [-0.2, -0.15) is 0 Å². The third-order valence-electron chi connectivity index (χ3n) is 4.12. The Morgan fingerprint density at radius 2 is 2.00 bits per heavy atom. The SMILES string of the molecule is COc1c(C)cc2nc(C#CC3CC3)sc2c1-c1ccc(Cl)cc1. The van der Waals surface area contributed by atoms with Gasteiger partial charge in [-0.05, 0) is 55.0 Å². The number of halogens is 1. The molecule has 3 aromatic rings. The topological polar surface area (TPSA) is 22.1 Å². The fraction of sp³-hybridized carbons (Fsp3) is 0.250. The molecule has 0 aliphatic heterocycles. The Morgan fingerprint density at radius 3 is 2.67 bits per heavy atom. The Hall–Kier alpha value is -2.02. The first-order chi connectivity index (χ1) is 11.7. The van der Waals surface area contributed by atoms with E-state index in [-0.39, 0.29) is 0 Å². The van der Waals surface area contributed by atoms with Crippen molar-refractivity contribution in [2.45, 2.75) is 19.8 Å². The van der Waals surface area contributed by atoms with Gasteiger partial charge < -0.3 is 4.74 Å². The molecule has 1 fully saturated rings. The van der Waals surface area contributed by atoms with Crippen molar-refractivity contribution in [2.75, 3.05) is 7.11 Å². The minimum absolute atomic E-state index is 0.573. The van der Waals surface area contributed by atoms with Crippen LogP contribution in [0.2, 0.25) is 5.02 Å². The van der Waals surface area contributed by atoms with Crippen molar-refractivity contribution < 1.29 is 4.74 Å². The Morgan fingerprint density at radius 1 is 1.25 bits per heavy atom. The molecule has 120 valence electrons. The lowest BCUT2D eigenvalue weighted by atomic mass is 10.0. The van der Waals surface area contributed by atoms with Crippen LogP contribution in [-0.4, -0.2) is 12.1 Å². The van der Waals surface area contributed by atoms with E-state index >= 15 is 0 Å². The fourth-order valence-electron chi connectivity index (χ4n) is 2.77. The van der Waals surface area contributed by atoms with E-state index in [4.69, 9.17) is 21.3 Å². The van der Waals surface area contributed by atoms with E-state index in [1.54, 1.807) is 18.4 Å². The van der Waals surface area contributed by atoms with Gasteiger partial charge in [0.05, 0.1) is 17.3 Å². The Kier molecular flexibility index (Phi) is 3.96. The predicted molar refractivity (Wildman–Crippen MR) is 101 cm³/mol. The van der Waals surface area contributed by atoms with Crippen LogP contribution in [0.5, 0.6) is 5.75 Å². The lowest BCUT2D eigenvalue weighted by molar-refractivity contribution is 0.414. The molecule has 0 bridgehead atoms. The van der Waals surface area contributed by atoms with E-state index in [0.29, 0.717) is 5.92 Å². The quantitative estimate of drug-likeness (QED) is 0.552. The zero-order valence-corrected chi connectivity index (χ0v) is 15.1. The molecule has 0 atom stereocenters. The summed E-state index contributed by atoms with van der Waals surface area (Å²) >= 11 is 7.68. The summed E-state index contributed by atoms with van der Waals surface area (Å²) in [5.41, 5.74) is 4.20. The second-order valence-corrected chi connectivity index (χ2v) is 7.45. The van der Waals surface area contributed by atoms with Gasteiger partial charge in [0.1, 0.15) is 5.75 Å². The highest BCUT2D eigenvalue weighted by molar-refractivity contribution is 7.19. The monoisotopic (exact) mass is 353 g/mol. The summed E-state index contributed by atoms with van der Waals surface area (Å²) in [6.07, 6.45) is 2.45. The average molecular weight is 354 g/mol. The van der Waals surface area contributed by atoms with Crippen molar-refractivity contribution in [3.63, 3.8) is 0 Å². The Balaban J connectivity index is 1.94. The summed E-state index contributed by atoms with van der Waals surface area (Å²) in [7, 11) is 1.71. The van der Waals surface area contributed by atoms with E-state index in [0.717, 1.165) is 42.7 Å². The number of fused-ring (bicyclic) bond motifs is 1. The molecule has 0 unspecified atom stereocenters. The third-order valence-corrected chi connectivity index (χ3v) is 5.37. The molecule has 0 spiro atoms. The molecule has 4 rings (SSSR count). The number of nitrogens with zero attached hydrogens (tertiary/aromatic N) is 1.